The number of aromatic nitrogens is 3. The first-order valence-electron chi connectivity index (χ1n) is 6.36. The molecular weight excluding hydrogens is 260 g/mol. The molecule has 0 atom stereocenters. The number of rotatable bonds is 5. The molecule has 2 aromatic heterocycles. The van der Waals surface area contributed by atoms with Crippen LogP contribution in [0.3, 0.4) is 0 Å². The zero-order chi connectivity index (χ0) is 13.7. The summed E-state index contributed by atoms with van der Waals surface area (Å²) in [6.45, 7) is 4.72. The number of nitrogens with one attached hydrogen (secondary N) is 1. The Balaban J connectivity index is 2.13. The predicted molar refractivity (Wildman–Crippen MR) is 77.3 cm³/mol. The molecule has 2 rings (SSSR count). The molecule has 0 radical (unpaired) electrons. The van der Waals surface area contributed by atoms with E-state index in [0.29, 0.717) is 11.7 Å². The van der Waals surface area contributed by atoms with Crippen LogP contribution in [0.4, 0.5) is 5.82 Å². The average molecular weight is 277 g/mol. The molecule has 2 heterocycles. The molecule has 0 aliphatic heterocycles. The molecule has 2 aromatic rings. The Hall–Kier alpha value is -1.68. The molecule has 0 amide bonds. The molecule has 0 saturated heterocycles. The lowest BCUT2D eigenvalue weighted by molar-refractivity contribution is 0.893. The van der Waals surface area contributed by atoms with Crippen LogP contribution in [0, 0.1) is 6.92 Å². The van der Waals surface area contributed by atoms with E-state index in [4.69, 9.17) is 11.6 Å². The van der Waals surface area contributed by atoms with Gasteiger partial charge in [-0.25, -0.2) is 9.97 Å². The van der Waals surface area contributed by atoms with E-state index in [-0.39, 0.29) is 0 Å². The van der Waals surface area contributed by atoms with Gasteiger partial charge in [-0.3, -0.25) is 4.98 Å². The number of pyridine rings is 1. The van der Waals surface area contributed by atoms with Crippen molar-refractivity contribution in [1.29, 1.82) is 0 Å². The summed E-state index contributed by atoms with van der Waals surface area (Å²) < 4.78 is 0. The van der Waals surface area contributed by atoms with Gasteiger partial charge in [0.2, 0.25) is 0 Å². The van der Waals surface area contributed by atoms with Crippen LogP contribution in [0.25, 0.3) is 0 Å². The fourth-order valence-electron chi connectivity index (χ4n) is 1.89. The Morgan fingerprint density at radius 3 is 2.84 bits per heavy atom. The second kappa shape index (κ2) is 6.48. The molecule has 5 heteroatoms. The minimum atomic E-state index is 0.525. The molecule has 1 N–H and O–H groups in total. The summed E-state index contributed by atoms with van der Waals surface area (Å²) in [6, 6.07) is 5.97. The van der Waals surface area contributed by atoms with Crippen LogP contribution >= 0.6 is 11.6 Å². The number of aryl methyl sites for hydroxylation is 1. The fourth-order valence-corrected chi connectivity index (χ4v) is 2.11. The number of hydrogen-bond donors (Lipinski definition) is 1. The maximum atomic E-state index is 6.11. The third-order valence-corrected chi connectivity index (χ3v) is 3.10. The summed E-state index contributed by atoms with van der Waals surface area (Å²) in [6.07, 6.45) is 3.35. The zero-order valence-electron chi connectivity index (χ0n) is 11.2. The van der Waals surface area contributed by atoms with E-state index in [1.54, 1.807) is 0 Å². The maximum absolute atomic E-state index is 6.11. The monoisotopic (exact) mass is 276 g/mol. The summed E-state index contributed by atoms with van der Waals surface area (Å²) in [5.41, 5.74) is 2.96. The van der Waals surface area contributed by atoms with Gasteiger partial charge in [0.05, 0.1) is 12.2 Å². The minimum absolute atomic E-state index is 0.525. The highest BCUT2D eigenvalue weighted by Crippen LogP contribution is 2.21. The van der Waals surface area contributed by atoms with Crippen LogP contribution in [0.5, 0.6) is 0 Å². The minimum Gasteiger partial charge on any atom is -0.364 e. The van der Waals surface area contributed by atoms with Gasteiger partial charge >= 0.3 is 0 Å². The zero-order valence-corrected chi connectivity index (χ0v) is 11.9. The van der Waals surface area contributed by atoms with Crippen molar-refractivity contribution < 1.29 is 0 Å². The Morgan fingerprint density at radius 1 is 1.26 bits per heavy atom. The van der Waals surface area contributed by atoms with Gasteiger partial charge in [0.15, 0.2) is 0 Å². The molecule has 100 valence electrons. The van der Waals surface area contributed by atoms with E-state index in [9.17, 15) is 0 Å². The average Bonchev–Trinajstić information content (AvgIpc) is 2.40. The fraction of sp³-hybridized carbons (Fsp3) is 0.357. The van der Waals surface area contributed by atoms with E-state index < -0.39 is 0 Å². The normalized spacial score (nSPS) is 10.5. The summed E-state index contributed by atoms with van der Waals surface area (Å²) in [5.74, 6) is 0.796. The van der Waals surface area contributed by atoms with Crippen LogP contribution in [0.2, 0.25) is 5.15 Å². The van der Waals surface area contributed by atoms with Crippen LogP contribution in [-0.2, 0) is 13.0 Å². The van der Waals surface area contributed by atoms with E-state index in [0.717, 1.165) is 35.6 Å². The smallest absolute Gasteiger partial charge is 0.137 e. The van der Waals surface area contributed by atoms with Gasteiger partial charge in [-0.15, -0.1) is 0 Å². The predicted octanol–water partition coefficient (Wildman–Crippen LogP) is 3.40. The molecule has 0 aliphatic rings. The van der Waals surface area contributed by atoms with Crippen molar-refractivity contribution in [2.75, 3.05) is 5.32 Å². The molecule has 0 fully saturated rings. The van der Waals surface area contributed by atoms with Gasteiger partial charge in [-0.2, -0.15) is 0 Å². The third-order valence-electron chi connectivity index (χ3n) is 2.78. The van der Waals surface area contributed by atoms with Gasteiger partial charge in [-0.05, 0) is 25.5 Å². The van der Waals surface area contributed by atoms with Gasteiger partial charge in [0.1, 0.15) is 17.3 Å². The lowest BCUT2D eigenvalue weighted by Crippen LogP contribution is -2.07. The van der Waals surface area contributed by atoms with Crippen LogP contribution in [0.1, 0.15) is 30.3 Å². The van der Waals surface area contributed by atoms with Crippen molar-refractivity contribution in [2.45, 2.75) is 33.2 Å². The number of halogens is 1. The Labute approximate surface area is 118 Å². The summed E-state index contributed by atoms with van der Waals surface area (Å²) >= 11 is 6.11. The van der Waals surface area contributed by atoms with Gasteiger partial charge in [0.25, 0.3) is 0 Å². The van der Waals surface area contributed by atoms with Crippen molar-refractivity contribution in [3.63, 3.8) is 0 Å². The standard InChI is InChI=1S/C14H17ClN4/c1-3-5-12-13(15)17-9-18-14(12)16-8-11-7-4-6-10(2)19-11/h4,6-7,9H,3,5,8H2,1-2H3,(H,16,17,18). The van der Waals surface area contributed by atoms with E-state index in [2.05, 4.69) is 27.2 Å². The lowest BCUT2D eigenvalue weighted by Gasteiger charge is -2.11. The Morgan fingerprint density at radius 2 is 2.11 bits per heavy atom. The SMILES string of the molecule is CCCc1c(Cl)ncnc1NCc1cccc(C)n1. The third kappa shape index (κ3) is 3.64. The Bertz CT molecular complexity index is 557. The second-order valence-corrected chi connectivity index (χ2v) is 4.72. The molecule has 0 aliphatic carbocycles. The quantitative estimate of drug-likeness (QED) is 0.851. The molecular formula is C14H17ClN4. The molecule has 0 spiro atoms. The topological polar surface area (TPSA) is 50.7 Å². The number of anilines is 1. The van der Waals surface area contributed by atoms with E-state index in [1.165, 1.54) is 6.33 Å². The summed E-state index contributed by atoms with van der Waals surface area (Å²) in [7, 11) is 0. The second-order valence-electron chi connectivity index (χ2n) is 4.37. The van der Waals surface area contributed by atoms with Gasteiger partial charge in [-0.1, -0.05) is 31.0 Å². The maximum Gasteiger partial charge on any atom is 0.137 e. The van der Waals surface area contributed by atoms with Crippen molar-refractivity contribution in [2.24, 2.45) is 0 Å². The highest BCUT2D eigenvalue weighted by atomic mass is 35.5. The van der Waals surface area contributed by atoms with Gasteiger partial charge in [0, 0.05) is 11.3 Å². The van der Waals surface area contributed by atoms with Crippen LogP contribution in [0.15, 0.2) is 24.5 Å². The lowest BCUT2D eigenvalue weighted by atomic mass is 10.2. The highest BCUT2D eigenvalue weighted by molar-refractivity contribution is 6.30. The summed E-state index contributed by atoms with van der Waals surface area (Å²) in [5, 5.41) is 3.81. The van der Waals surface area contributed by atoms with Gasteiger partial charge < -0.3 is 5.32 Å². The van der Waals surface area contributed by atoms with Crippen molar-refractivity contribution >= 4 is 17.4 Å². The van der Waals surface area contributed by atoms with Crippen molar-refractivity contribution in [3.05, 3.63) is 46.6 Å². The largest absolute Gasteiger partial charge is 0.364 e. The molecule has 0 saturated carbocycles. The highest BCUT2D eigenvalue weighted by Gasteiger charge is 2.08. The molecule has 0 unspecified atom stereocenters. The van der Waals surface area contributed by atoms with Crippen molar-refractivity contribution in [3.8, 4) is 0 Å². The van der Waals surface area contributed by atoms with Crippen molar-refractivity contribution in [1.82, 2.24) is 15.0 Å². The molecule has 0 bridgehead atoms. The number of nitrogens with zero attached hydrogens (tertiary/aromatic N) is 3. The van der Waals surface area contributed by atoms with Crippen LogP contribution < -0.4 is 5.32 Å². The molecule has 0 aromatic carbocycles. The molecule has 4 nitrogen and oxygen atoms in total. The first kappa shape index (κ1) is 13.7. The van der Waals surface area contributed by atoms with E-state index in [1.807, 2.05) is 25.1 Å². The first-order chi connectivity index (χ1) is 9.20. The summed E-state index contributed by atoms with van der Waals surface area (Å²) in [4.78, 5) is 12.7. The number of hydrogen-bond acceptors (Lipinski definition) is 4. The molecule has 19 heavy (non-hydrogen) atoms. The van der Waals surface area contributed by atoms with E-state index >= 15 is 0 Å². The first-order valence-corrected chi connectivity index (χ1v) is 6.74. The Kier molecular flexibility index (Phi) is 4.68. The van der Waals surface area contributed by atoms with Crippen LogP contribution in [-0.4, -0.2) is 15.0 Å².